The lowest BCUT2D eigenvalue weighted by molar-refractivity contribution is 0.859. The second-order valence-electron chi connectivity index (χ2n) is 2.41. The monoisotopic (exact) mass is 161 g/mol. The molecule has 0 atom stereocenters. The highest BCUT2D eigenvalue weighted by molar-refractivity contribution is 5.55. The molecule has 0 bridgehead atoms. The molecule has 0 radical (unpaired) electrons. The third-order valence-electron chi connectivity index (χ3n) is 1.73. The van der Waals surface area contributed by atoms with Crippen molar-refractivity contribution in [1.29, 1.82) is 0 Å². The van der Waals surface area contributed by atoms with Crippen LogP contribution in [0.2, 0.25) is 0 Å². The summed E-state index contributed by atoms with van der Waals surface area (Å²) in [5.41, 5.74) is 2.71. The van der Waals surface area contributed by atoms with E-state index in [1.807, 2.05) is 20.0 Å². The van der Waals surface area contributed by atoms with E-state index in [0.717, 1.165) is 6.54 Å². The zero-order valence-corrected chi connectivity index (χ0v) is 7.67. The molecule has 64 valence electrons. The second kappa shape index (κ2) is 4.60. The molecule has 0 saturated carbocycles. The molecule has 1 aliphatic rings. The highest BCUT2D eigenvalue weighted by Crippen LogP contribution is 2.12. The molecule has 0 spiro atoms. The van der Waals surface area contributed by atoms with Crippen LogP contribution in [0, 0.1) is 0 Å². The van der Waals surface area contributed by atoms with Gasteiger partial charge in [-0.25, -0.2) is 0 Å². The minimum Gasteiger partial charge on any atom is -0.387 e. The fraction of sp³-hybridized carbons (Fsp3) is 0.273. The number of hydrogen-bond acceptors (Lipinski definition) is 1. The molecule has 1 nitrogen and oxygen atoms in total. The van der Waals surface area contributed by atoms with Crippen LogP contribution < -0.4 is 5.32 Å². The van der Waals surface area contributed by atoms with Gasteiger partial charge in [0.05, 0.1) is 0 Å². The SMILES string of the molecule is C1=Cc2ccccc2CN1.CC. The van der Waals surface area contributed by atoms with Crippen LogP contribution in [0.3, 0.4) is 0 Å². The van der Waals surface area contributed by atoms with E-state index in [1.54, 1.807) is 0 Å². The minimum atomic E-state index is 0.965. The highest BCUT2D eigenvalue weighted by atomic mass is 14.8. The predicted octanol–water partition coefficient (Wildman–Crippen LogP) is 2.79. The quantitative estimate of drug-likeness (QED) is 0.617. The lowest BCUT2D eigenvalue weighted by Crippen LogP contribution is -2.09. The summed E-state index contributed by atoms with van der Waals surface area (Å²) in [6.07, 6.45) is 4.08. The van der Waals surface area contributed by atoms with Crippen molar-refractivity contribution in [1.82, 2.24) is 5.32 Å². The molecule has 1 aliphatic heterocycles. The molecule has 12 heavy (non-hydrogen) atoms. The van der Waals surface area contributed by atoms with Gasteiger partial charge >= 0.3 is 0 Å². The number of fused-ring (bicyclic) bond motifs is 1. The molecule has 1 heteroatoms. The predicted molar refractivity (Wildman–Crippen MR) is 53.7 cm³/mol. The number of hydrogen-bond donors (Lipinski definition) is 1. The lowest BCUT2D eigenvalue weighted by Gasteiger charge is -2.10. The molecule has 0 saturated heterocycles. The van der Waals surface area contributed by atoms with Gasteiger partial charge in [0.1, 0.15) is 0 Å². The average molecular weight is 161 g/mol. The maximum atomic E-state index is 3.16. The van der Waals surface area contributed by atoms with Crippen molar-refractivity contribution < 1.29 is 0 Å². The van der Waals surface area contributed by atoms with E-state index in [1.165, 1.54) is 11.1 Å². The van der Waals surface area contributed by atoms with Crippen LogP contribution in [-0.4, -0.2) is 0 Å². The van der Waals surface area contributed by atoms with Gasteiger partial charge in [-0.15, -0.1) is 0 Å². The molecule has 0 aliphatic carbocycles. The van der Waals surface area contributed by atoms with Crippen LogP contribution in [-0.2, 0) is 6.54 Å². The number of benzene rings is 1. The molecule has 1 N–H and O–H groups in total. The Hall–Kier alpha value is -1.24. The van der Waals surface area contributed by atoms with E-state index in [-0.39, 0.29) is 0 Å². The summed E-state index contributed by atoms with van der Waals surface area (Å²) < 4.78 is 0. The van der Waals surface area contributed by atoms with Gasteiger partial charge in [0.2, 0.25) is 0 Å². The maximum absolute atomic E-state index is 3.16. The molecule has 0 unspecified atom stereocenters. The average Bonchev–Trinajstić information content (AvgIpc) is 2.21. The topological polar surface area (TPSA) is 12.0 Å². The van der Waals surface area contributed by atoms with Crippen molar-refractivity contribution >= 4 is 6.08 Å². The van der Waals surface area contributed by atoms with Crippen LogP contribution in [0.15, 0.2) is 30.5 Å². The Morgan fingerprint density at radius 3 is 2.67 bits per heavy atom. The van der Waals surface area contributed by atoms with Gasteiger partial charge in [-0.3, -0.25) is 0 Å². The molecule has 1 heterocycles. The molecular weight excluding hydrogens is 146 g/mol. The fourth-order valence-corrected chi connectivity index (χ4v) is 1.18. The number of nitrogens with one attached hydrogen (secondary N) is 1. The Morgan fingerprint density at radius 2 is 1.92 bits per heavy atom. The summed E-state index contributed by atoms with van der Waals surface area (Å²) in [6.45, 7) is 4.96. The van der Waals surface area contributed by atoms with Crippen LogP contribution in [0.1, 0.15) is 25.0 Å². The Bertz CT molecular complexity index is 263. The van der Waals surface area contributed by atoms with Gasteiger partial charge in [0.25, 0.3) is 0 Å². The van der Waals surface area contributed by atoms with Crippen molar-refractivity contribution in [3.05, 3.63) is 41.6 Å². The van der Waals surface area contributed by atoms with E-state index in [2.05, 4.69) is 35.7 Å². The zero-order valence-electron chi connectivity index (χ0n) is 7.67. The standard InChI is InChI=1S/C9H9N.C2H6/c1-2-4-9-7-10-6-5-8(9)3-1;1-2/h1-6,10H,7H2;1-2H3. The first-order valence-corrected chi connectivity index (χ1v) is 4.45. The van der Waals surface area contributed by atoms with Gasteiger partial charge in [-0.2, -0.15) is 0 Å². The highest BCUT2D eigenvalue weighted by Gasteiger charge is 1.99. The largest absolute Gasteiger partial charge is 0.387 e. The van der Waals surface area contributed by atoms with E-state index >= 15 is 0 Å². The Balaban J connectivity index is 0.000000336. The van der Waals surface area contributed by atoms with Crippen molar-refractivity contribution in [3.8, 4) is 0 Å². The fourth-order valence-electron chi connectivity index (χ4n) is 1.18. The summed E-state index contributed by atoms with van der Waals surface area (Å²) in [6, 6.07) is 8.41. The summed E-state index contributed by atoms with van der Waals surface area (Å²) >= 11 is 0. The molecule has 1 aromatic rings. The summed E-state index contributed by atoms with van der Waals surface area (Å²) in [7, 11) is 0. The molecule has 2 rings (SSSR count). The van der Waals surface area contributed by atoms with Crippen LogP contribution in [0.4, 0.5) is 0 Å². The van der Waals surface area contributed by atoms with Crippen molar-refractivity contribution in [2.45, 2.75) is 20.4 Å². The van der Waals surface area contributed by atoms with Crippen molar-refractivity contribution in [3.63, 3.8) is 0 Å². The smallest absolute Gasteiger partial charge is 0.0401 e. The Labute approximate surface area is 74.1 Å². The maximum Gasteiger partial charge on any atom is 0.0401 e. The van der Waals surface area contributed by atoms with E-state index in [0.29, 0.717) is 0 Å². The summed E-state index contributed by atoms with van der Waals surface area (Å²) in [5.74, 6) is 0. The van der Waals surface area contributed by atoms with Crippen LogP contribution >= 0.6 is 0 Å². The van der Waals surface area contributed by atoms with Crippen LogP contribution in [0.5, 0.6) is 0 Å². The Kier molecular flexibility index (Phi) is 3.39. The first-order chi connectivity index (χ1) is 5.97. The first kappa shape index (κ1) is 8.85. The number of rotatable bonds is 0. The van der Waals surface area contributed by atoms with Gasteiger partial charge in [0.15, 0.2) is 0 Å². The van der Waals surface area contributed by atoms with Crippen molar-refractivity contribution in [2.75, 3.05) is 0 Å². The third kappa shape index (κ3) is 1.88. The normalized spacial score (nSPS) is 12.2. The van der Waals surface area contributed by atoms with Gasteiger partial charge < -0.3 is 5.32 Å². The lowest BCUT2D eigenvalue weighted by atomic mass is 10.1. The van der Waals surface area contributed by atoms with Crippen molar-refractivity contribution in [2.24, 2.45) is 0 Å². The zero-order chi connectivity index (χ0) is 8.81. The van der Waals surface area contributed by atoms with Crippen LogP contribution in [0.25, 0.3) is 6.08 Å². The molecule has 0 aromatic heterocycles. The minimum absolute atomic E-state index is 0.965. The van der Waals surface area contributed by atoms with E-state index < -0.39 is 0 Å². The van der Waals surface area contributed by atoms with E-state index in [9.17, 15) is 0 Å². The first-order valence-electron chi connectivity index (χ1n) is 4.45. The molecule has 0 amide bonds. The molecule has 0 fully saturated rings. The second-order valence-corrected chi connectivity index (χ2v) is 2.41. The van der Waals surface area contributed by atoms with Gasteiger partial charge in [0, 0.05) is 6.54 Å². The molecular formula is C11H15N. The summed E-state index contributed by atoms with van der Waals surface area (Å²) in [5, 5.41) is 3.16. The van der Waals surface area contributed by atoms with E-state index in [4.69, 9.17) is 0 Å². The summed E-state index contributed by atoms with van der Waals surface area (Å²) in [4.78, 5) is 0. The molecule has 1 aromatic carbocycles. The Morgan fingerprint density at radius 1 is 1.17 bits per heavy atom. The third-order valence-corrected chi connectivity index (χ3v) is 1.73. The van der Waals surface area contributed by atoms with Gasteiger partial charge in [-0.1, -0.05) is 38.1 Å². The van der Waals surface area contributed by atoms with Gasteiger partial charge in [-0.05, 0) is 23.4 Å².